The van der Waals surface area contributed by atoms with Crippen molar-refractivity contribution >= 4 is 21.6 Å². The van der Waals surface area contributed by atoms with Gasteiger partial charge in [0.25, 0.3) is 0 Å². The molecule has 2 aromatic rings. The summed E-state index contributed by atoms with van der Waals surface area (Å²) >= 11 is 0. The summed E-state index contributed by atoms with van der Waals surface area (Å²) in [7, 11) is -1.92. The fraction of sp³-hybridized carbons (Fsp3) is 0.524. The molecule has 1 aliphatic heterocycles. The molecular formula is C21H27N5O5S. The second kappa shape index (κ2) is 8.14. The van der Waals surface area contributed by atoms with E-state index in [0.717, 1.165) is 48.9 Å². The molecule has 11 heteroatoms. The highest BCUT2D eigenvalue weighted by molar-refractivity contribution is 7.91. The lowest BCUT2D eigenvalue weighted by Gasteiger charge is -2.19. The summed E-state index contributed by atoms with van der Waals surface area (Å²) in [6, 6.07) is 1.12. The van der Waals surface area contributed by atoms with E-state index in [-0.39, 0.29) is 35.9 Å². The molecule has 1 unspecified atom stereocenters. The molecule has 0 bridgehead atoms. The number of aliphatic hydroxyl groups is 1. The molecule has 1 aromatic carbocycles. The molecule has 2 heterocycles. The number of aryl methyl sites for hydroxylation is 2. The quantitative estimate of drug-likeness (QED) is 0.621. The predicted molar refractivity (Wildman–Crippen MR) is 117 cm³/mol. The average Bonchev–Trinajstić information content (AvgIpc) is 3.51. The van der Waals surface area contributed by atoms with E-state index in [1.54, 1.807) is 7.11 Å². The third-order valence-electron chi connectivity index (χ3n) is 6.52. The first-order valence-corrected chi connectivity index (χ1v) is 12.3. The van der Waals surface area contributed by atoms with E-state index in [1.165, 1.54) is 22.0 Å². The number of fused-ring (bicyclic) bond motifs is 3. The van der Waals surface area contributed by atoms with E-state index in [4.69, 9.17) is 14.6 Å². The molecule has 3 aliphatic rings. The average molecular weight is 462 g/mol. The molecule has 32 heavy (non-hydrogen) atoms. The lowest BCUT2D eigenvalue weighted by Crippen LogP contribution is -2.19. The van der Waals surface area contributed by atoms with E-state index >= 15 is 0 Å². The van der Waals surface area contributed by atoms with Crippen LogP contribution in [0.5, 0.6) is 5.88 Å². The van der Waals surface area contributed by atoms with Crippen LogP contribution in [-0.4, -0.2) is 52.1 Å². The largest absolute Gasteiger partial charge is 0.475 e. The molecule has 0 saturated heterocycles. The third kappa shape index (κ3) is 3.49. The molecule has 2 aliphatic carbocycles. The molecule has 0 spiro atoms. The molecular weight excluding hydrogens is 434 g/mol. The molecule has 3 atom stereocenters. The standard InChI is InChI=1S/C21H27N5O5S/c1-30-10-14-6-5-13-7-12-3-2-4-16(12)19(18(13)14)24-21(28)25-32(22,29)17-8-23-26-15(9-27)11-31-20(17)26/h7-8,14-15,27H,2-6,9-11H2,1H3,(H3,22,24,25,28,29)/t14-,15-,32?/m0/s1. The van der Waals surface area contributed by atoms with Gasteiger partial charge in [-0.25, -0.2) is 18.8 Å². The van der Waals surface area contributed by atoms with Crippen LogP contribution in [0.4, 0.5) is 10.5 Å². The molecule has 0 fully saturated rings. The van der Waals surface area contributed by atoms with Crippen molar-refractivity contribution in [1.29, 1.82) is 0 Å². The fourth-order valence-electron chi connectivity index (χ4n) is 5.09. The maximum absolute atomic E-state index is 13.2. The van der Waals surface area contributed by atoms with Gasteiger partial charge in [0.15, 0.2) is 9.92 Å². The van der Waals surface area contributed by atoms with Crippen LogP contribution >= 0.6 is 0 Å². The number of urea groups is 1. The Labute approximate surface area is 186 Å². The zero-order valence-electron chi connectivity index (χ0n) is 17.9. The van der Waals surface area contributed by atoms with E-state index < -0.39 is 15.9 Å². The highest BCUT2D eigenvalue weighted by atomic mass is 32.2. The number of hydrogen-bond acceptors (Lipinski definition) is 6. The second-order valence-electron chi connectivity index (χ2n) is 8.50. The first kappa shape index (κ1) is 21.4. The SMILES string of the molecule is COC[C@@H]1CCc2cc3c(c(NC(=O)N=S(N)(=O)c4cnn5c4OC[C@@H]5CO)c21)CCC3. The Balaban J connectivity index is 1.49. The first-order chi connectivity index (χ1) is 15.4. The minimum Gasteiger partial charge on any atom is -0.475 e. The number of benzene rings is 1. The number of aliphatic hydroxyl groups excluding tert-OH is 1. The number of ether oxygens (including phenoxy) is 2. The van der Waals surface area contributed by atoms with Crippen LogP contribution in [0.3, 0.4) is 0 Å². The van der Waals surface area contributed by atoms with Gasteiger partial charge in [0.2, 0.25) is 5.88 Å². The highest BCUT2D eigenvalue weighted by Gasteiger charge is 2.33. The monoisotopic (exact) mass is 461 g/mol. The van der Waals surface area contributed by atoms with E-state index in [2.05, 4.69) is 20.8 Å². The van der Waals surface area contributed by atoms with Gasteiger partial charge < -0.3 is 19.9 Å². The first-order valence-electron chi connectivity index (χ1n) is 10.8. The number of nitrogens with two attached hydrogens (primary N) is 1. The fourth-order valence-corrected chi connectivity index (χ4v) is 6.08. The number of rotatable bonds is 5. The number of amides is 2. The van der Waals surface area contributed by atoms with Crippen molar-refractivity contribution in [3.63, 3.8) is 0 Å². The zero-order chi connectivity index (χ0) is 22.5. The van der Waals surface area contributed by atoms with Crippen molar-refractivity contribution in [1.82, 2.24) is 9.78 Å². The lowest BCUT2D eigenvalue weighted by atomic mass is 9.94. The van der Waals surface area contributed by atoms with Crippen molar-refractivity contribution in [2.45, 2.75) is 49.0 Å². The van der Waals surface area contributed by atoms with Gasteiger partial charge in [-0.2, -0.15) is 5.10 Å². The number of nitrogens with one attached hydrogen (secondary N) is 1. The number of carbonyl (C=O) groups excluding carboxylic acids is 1. The molecule has 0 saturated carbocycles. The summed E-state index contributed by atoms with van der Waals surface area (Å²) in [5.74, 6) is 0.371. The maximum Gasteiger partial charge on any atom is 0.354 e. The molecule has 4 N–H and O–H groups in total. The maximum atomic E-state index is 13.2. The molecule has 0 radical (unpaired) electrons. The second-order valence-corrected chi connectivity index (χ2v) is 10.3. The van der Waals surface area contributed by atoms with Crippen LogP contribution in [0.1, 0.15) is 47.1 Å². The van der Waals surface area contributed by atoms with Gasteiger partial charge in [-0.15, -0.1) is 4.36 Å². The summed E-state index contributed by atoms with van der Waals surface area (Å²) in [5, 5.41) is 22.4. The Morgan fingerprint density at radius 3 is 3.06 bits per heavy atom. The van der Waals surface area contributed by atoms with Crippen molar-refractivity contribution in [2.75, 3.05) is 32.2 Å². The Bertz CT molecular complexity index is 1200. The summed E-state index contributed by atoms with van der Waals surface area (Å²) < 4.78 is 29.3. The van der Waals surface area contributed by atoms with Crippen molar-refractivity contribution in [3.8, 4) is 5.88 Å². The van der Waals surface area contributed by atoms with Crippen molar-refractivity contribution in [2.24, 2.45) is 9.50 Å². The summed E-state index contributed by atoms with van der Waals surface area (Å²) in [6.45, 7) is 0.591. The molecule has 10 nitrogen and oxygen atoms in total. The third-order valence-corrected chi connectivity index (χ3v) is 7.86. The van der Waals surface area contributed by atoms with Crippen LogP contribution in [-0.2, 0) is 33.9 Å². The van der Waals surface area contributed by atoms with Crippen molar-refractivity contribution < 1.29 is 23.6 Å². The van der Waals surface area contributed by atoms with Crippen LogP contribution in [0.25, 0.3) is 0 Å². The molecule has 2 amide bonds. The molecule has 172 valence electrons. The number of anilines is 1. The minimum absolute atomic E-state index is 0.0457. The van der Waals surface area contributed by atoms with Crippen LogP contribution < -0.4 is 15.2 Å². The van der Waals surface area contributed by atoms with Gasteiger partial charge >= 0.3 is 6.03 Å². The summed E-state index contributed by atoms with van der Waals surface area (Å²) in [6.07, 6.45) is 6.08. The Morgan fingerprint density at radius 2 is 2.28 bits per heavy atom. The van der Waals surface area contributed by atoms with Gasteiger partial charge in [-0.1, -0.05) is 6.07 Å². The van der Waals surface area contributed by atoms with Gasteiger partial charge in [0.1, 0.15) is 17.5 Å². The van der Waals surface area contributed by atoms with E-state index in [9.17, 15) is 14.1 Å². The van der Waals surface area contributed by atoms with Gasteiger partial charge in [0.05, 0.1) is 19.4 Å². The minimum atomic E-state index is -3.60. The number of hydrogen-bond donors (Lipinski definition) is 3. The Kier molecular flexibility index (Phi) is 5.44. The Morgan fingerprint density at radius 1 is 1.44 bits per heavy atom. The molecule has 5 rings (SSSR count). The Hall–Kier alpha value is -2.47. The topological polar surface area (TPSA) is 141 Å². The molecule has 1 aromatic heterocycles. The summed E-state index contributed by atoms with van der Waals surface area (Å²) in [5.41, 5.74) is 5.48. The van der Waals surface area contributed by atoms with Gasteiger partial charge in [-0.3, -0.25) is 0 Å². The number of carbonyl (C=O) groups is 1. The van der Waals surface area contributed by atoms with Gasteiger partial charge in [-0.05, 0) is 54.4 Å². The smallest absolute Gasteiger partial charge is 0.354 e. The van der Waals surface area contributed by atoms with Crippen molar-refractivity contribution in [3.05, 3.63) is 34.5 Å². The number of aromatic nitrogens is 2. The van der Waals surface area contributed by atoms with Crippen LogP contribution in [0.15, 0.2) is 21.5 Å². The van der Waals surface area contributed by atoms with E-state index in [0.29, 0.717) is 6.61 Å². The number of methoxy groups -OCH3 is 1. The lowest BCUT2D eigenvalue weighted by molar-refractivity contribution is 0.179. The normalized spacial score (nSPS) is 22.6. The zero-order valence-corrected chi connectivity index (χ0v) is 18.7. The van der Waals surface area contributed by atoms with E-state index in [1.807, 2.05) is 0 Å². The van der Waals surface area contributed by atoms with Crippen LogP contribution in [0.2, 0.25) is 0 Å². The van der Waals surface area contributed by atoms with Gasteiger partial charge in [0, 0.05) is 18.7 Å². The van der Waals surface area contributed by atoms with Crippen LogP contribution in [0, 0.1) is 0 Å². The highest BCUT2D eigenvalue weighted by Crippen LogP contribution is 2.44. The predicted octanol–water partition coefficient (Wildman–Crippen LogP) is 1.91. The number of nitrogens with zero attached hydrogens (tertiary/aromatic N) is 3. The summed E-state index contributed by atoms with van der Waals surface area (Å²) in [4.78, 5) is 13.0.